The number of hydrogen-bond donors (Lipinski definition) is 1. The summed E-state index contributed by atoms with van der Waals surface area (Å²) >= 11 is 0. The maximum Gasteiger partial charge on any atom is 0.324 e. The molecule has 3 heterocycles. The van der Waals surface area contributed by atoms with Gasteiger partial charge in [-0.3, -0.25) is 9.69 Å². The first kappa shape index (κ1) is 16.4. The molecule has 2 aromatic carbocycles. The topological polar surface area (TPSA) is 67.9 Å². The SMILES string of the molecule is COc1ccc2cc1Oc1ccc(cc1)C[C@@H]1NC(=O)N(CCC2)C1=O. The maximum absolute atomic E-state index is 12.5. The fraction of sp³-hybridized carbons (Fsp3) is 0.300. The van der Waals surface area contributed by atoms with Crippen molar-refractivity contribution in [3.8, 4) is 17.2 Å². The Morgan fingerprint density at radius 2 is 1.88 bits per heavy atom. The van der Waals surface area contributed by atoms with Crippen LogP contribution in [0.1, 0.15) is 17.5 Å². The number of methoxy groups -OCH3 is 1. The number of amides is 3. The van der Waals surface area contributed by atoms with Crippen LogP contribution in [0.4, 0.5) is 4.79 Å². The van der Waals surface area contributed by atoms with Gasteiger partial charge in [-0.05, 0) is 48.2 Å². The van der Waals surface area contributed by atoms with Crippen molar-refractivity contribution >= 4 is 11.9 Å². The van der Waals surface area contributed by atoms with Crippen LogP contribution in [0.3, 0.4) is 0 Å². The molecule has 0 unspecified atom stereocenters. The van der Waals surface area contributed by atoms with E-state index >= 15 is 0 Å². The van der Waals surface area contributed by atoms with Gasteiger partial charge in [0.15, 0.2) is 11.5 Å². The first-order valence-corrected chi connectivity index (χ1v) is 8.69. The smallest absolute Gasteiger partial charge is 0.324 e. The summed E-state index contributed by atoms with van der Waals surface area (Å²) in [6.45, 7) is 0.405. The lowest BCUT2D eigenvalue weighted by atomic mass is 10.1. The maximum atomic E-state index is 12.5. The lowest BCUT2D eigenvalue weighted by Crippen LogP contribution is -2.33. The summed E-state index contributed by atoms with van der Waals surface area (Å²) < 4.78 is 11.4. The Morgan fingerprint density at radius 3 is 2.65 bits per heavy atom. The van der Waals surface area contributed by atoms with Gasteiger partial charge in [-0.15, -0.1) is 0 Å². The number of imide groups is 1. The Morgan fingerprint density at radius 1 is 1.12 bits per heavy atom. The van der Waals surface area contributed by atoms with E-state index in [9.17, 15) is 9.59 Å². The monoisotopic (exact) mass is 352 g/mol. The van der Waals surface area contributed by atoms with Crippen LogP contribution in [-0.2, 0) is 17.6 Å². The van der Waals surface area contributed by atoms with Crippen LogP contribution < -0.4 is 14.8 Å². The molecule has 5 rings (SSSR count). The highest BCUT2D eigenvalue weighted by molar-refractivity contribution is 6.04. The van der Waals surface area contributed by atoms with E-state index in [4.69, 9.17) is 9.47 Å². The van der Waals surface area contributed by atoms with Crippen molar-refractivity contribution in [3.05, 3.63) is 53.6 Å². The van der Waals surface area contributed by atoms with Gasteiger partial charge in [0.1, 0.15) is 11.8 Å². The van der Waals surface area contributed by atoms with Crippen LogP contribution in [-0.4, -0.2) is 36.5 Å². The molecular formula is C20H20N2O4. The molecule has 1 fully saturated rings. The predicted molar refractivity (Wildman–Crippen MR) is 95.6 cm³/mol. The average molecular weight is 352 g/mol. The minimum absolute atomic E-state index is 0.152. The summed E-state index contributed by atoms with van der Waals surface area (Å²) in [5.41, 5.74) is 2.03. The number of benzene rings is 2. The summed E-state index contributed by atoms with van der Waals surface area (Å²) in [5, 5.41) is 2.78. The van der Waals surface area contributed by atoms with E-state index in [1.54, 1.807) is 7.11 Å². The van der Waals surface area contributed by atoms with Crippen LogP contribution in [0.25, 0.3) is 0 Å². The number of nitrogens with zero attached hydrogens (tertiary/aromatic N) is 1. The molecule has 1 saturated heterocycles. The second-order valence-electron chi connectivity index (χ2n) is 6.53. The van der Waals surface area contributed by atoms with Gasteiger partial charge < -0.3 is 14.8 Å². The third-order valence-corrected chi connectivity index (χ3v) is 4.77. The van der Waals surface area contributed by atoms with E-state index in [2.05, 4.69) is 5.32 Å². The van der Waals surface area contributed by atoms with Crippen LogP contribution in [0, 0.1) is 0 Å². The Hall–Kier alpha value is -3.02. The zero-order valence-electron chi connectivity index (χ0n) is 14.5. The molecule has 0 spiro atoms. The fourth-order valence-corrected chi connectivity index (χ4v) is 3.38. The third kappa shape index (κ3) is 3.10. The van der Waals surface area contributed by atoms with Gasteiger partial charge in [0.2, 0.25) is 0 Å². The molecule has 0 radical (unpaired) electrons. The molecule has 2 aromatic rings. The highest BCUT2D eigenvalue weighted by atomic mass is 16.5. The normalized spacial score (nSPS) is 19.4. The molecule has 3 aliphatic heterocycles. The molecule has 134 valence electrons. The van der Waals surface area contributed by atoms with Gasteiger partial charge in [-0.1, -0.05) is 18.2 Å². The summed E-state index contributed by atoms with van der Waals surface area (Å²) in [6, 6.07) is 12.5. The van der Waals surface area contributed by atoms with E-state index in [0.29, 0.717) is 36.6 Å². The minimum atomic E-state index is -0.500. The minimum Gasteiger partial charge on any atom is -0.493 e. The summed E-state index contributed by atoms with van der Waals surface area (Å²) in [4.78, 5) is 26.0. The van der Waals surface area contributed by atoms with Crippen molar-refractivity contribution in [1.82, 2.24) is 10.2 Å². The quantitative estimate of drug-likeness (QED) is 0.802. The van der Waals surface area contributed by atoms with Crippen molar-refractivity contribution in [2.45, 2.75) is 25.3 Å². The van der Waals surface area contributed by atoms with Gasteiger partial charge in [0.25, 0.3) is 5.91 Å². The number of fused-ring (bicyclic) bond motifs is 4. The summed E-state index contributed by atoms with van der Waals surface area (Å²) in [6.07, 6.45) is 1.90. The molecule has 6 bridgehead atoms. The third-order valence-electron chi connectivity index (χ3n) is 4.77. The number of urea groups is 1. The van der Waals surface area contributed by atoms with Gasteiger partial charge >= 0.3 is 6.03 Å². The van der Waals surface area contributed by atoms with E-state index < -0.39 is 6.04 Å². The highest BCUT2D eigenvalue weighted by Gasteiger charge is 2.37. The van der Waals surface area contributed by atoms with Crippen molar-refractivity contribution in [3.63, 3.8) is 0 Å². The number of carbonyl (C=O) groups excluding carboxylic acids is 2. The van der Waals surface area contributed by atoms with E-state index in [-0.39, 0.29) is 11.9 Å². The van der Waals surface area contributed by atoms with E-state index in [0.717, 1.165) is 17.5 Å². The Labute approximate surface area is 151 Å². The average Bonchev–Trinajstić information content (AvgIpc) is 2.90. The van der Waals surface area contributed by atoms with Crippen molar-refractivity contribution in [1.29, 1.82) is 0 Å². The molecule has 3 amide bonds. The zero-order chi connectivity index (χ0) is 18.1. The standard InChI is InChI=1S/C20H20N2O4/c1-25-17-9-6-13-3-2-10-22-19(23)16(21-20(22)24)11-14-4-7-15(8-5-14)26-18(17)12-13/h4-9,12,16H,2-3,10-11H2,1H3,(H,21,24)/t16-/m0/s1. The predicted octanol–water partition coefficient (Wildman–Crippen LogP) is 2.90. The fourth-order valence-electron chi connectivity index (χ4n) is 3.38. The van der Waals surface area contributed by atoms with Crippen LogP contribution in [0.5, 0.6) is 17.2 Å². The Bertz CT molecular complexity index is 847. The van der Waals surface area contributed by atoms with Crippen LogP contribution in [0.15, 0.2) is 42.5 Å². The molecule has 1 atom stereocenters. The molecule has 0 aromatic heterocycles. The van der Waals surface area contributed by atoms with E-state index in [1.165, 1.54) is 4.90 Å². The Balaban J connectivity index is 1.70. The first-order chi connectivity index (χ1) is 12.6. The lowest BCUT2D eigenvalue weighted by Gasteiger charge is -2.14. The van der Waals surface area contributed by atoms with Crippen molar-refractivity contribution < 1.29 is 19.1 Å². The summed E-state index contributed by atoms with van der Waals surface area (Å²) in [5.74, 6) is 1.87. The zero-order valence-corrected chi connectivity index (χ0v) is 14.5. The number of rotatable bonds is 1. The number of nitrogens with one attached hydrogen (secondary N) is 1. The number of carbonyl (C=O) groups is 2. The molecular weight excluding hydrogens is 332 g/mol. The van der Waals surface area contributed by atoms with Gasteiger partial charge in [0, 0.05) is 13.0 Å². The van der Waals surface area contributed by atoms with E-state index in [1.807, 2.05) is 42.5 Å². The molecule has 1 N–H and O–H groups in total. The van der Waals surface area contributed by atoms with Crippen LogP contribution >= 0.6 is 0 Å². The molecule has 26 heavy (non-hydrogen) atoms. The van der Waals surface area contributed by atoms with Crippen molar-refractivity contribution in [2.24, 2.45) is 0 Å². The second-order valence-corrected chi connectivity index (χ2v) is 6.53. The number of hydrogen-bond acceptors (Lipinski definition) is 4. The summed E-state index contributed by atoms with van der Waals surface area (Å²) in [7, 11) is 1.61. The number of ether oxygens (including phenoxy) is 2. The first-order valence-electron chi connectivity index (χ1n) is 8.69. The van der Waals surface area contributed by atoms with Gasteiger partial charge in [0.05, 0.1) is 7.11 Å². The lowest BCUT2D eigenvalue weighted by molar-refractivity contribution is -0.127. The Kier molecular flexibility index (Phi) is 4.24. The largest absolute Gasteiger partial charge is 0.493 e. The van der Waals surface area contributed by atoms with Crippen molar-refractivity contribution in [2.75, 3.05) is 13.7 Å². The highest BCUT2D eigenvalue weighted by Crippen LogP contribution is 2.33. The van der Waals surface area contributed by atoms with Gasteiger partial charge in [-0.25, -0.2) is 4.79 Å². The number of aryl methyl sites for hydroxylation is 1. The molecule has 0 saturated carbocycles. The second kappa shape index (κ2) is 6.71. The molecule has 0 aliphatic carbocycles. The molecule has 3 aliphatic rings. The molecule has 6 heteroatoms. The van der Waals surface area contributed by atoms with Gasteiger partial charge in [-0.2, -0.15) is 0 Å². The molecule has 6 nitrogen and oxygen atoms in total. The van der Waals surface area contributed by atoms with Crippen LogP contribution in [0.2, 0.25) is 0 Å².